The highest BCUT2D eigenvalue weighted by Gasteiger charge is 2.43. The molecule has 0 aromatic heterocycles. The quantitative estimate of drug-likeness (QED) is 0.643. The normalized spacial score (nSPS) is 37.5. The maximum absolute atomic E-state index is 11.8. The predicted molar refractivity (Wildman–Crippen MR) is 111 cm³/mol. The van der Waals surface area contributed by atoms with E-state index in [0.29, 0.717) is 42.4 Å². The molecule has 2 N–H and O–H groups in total. The molecule has 1 aliphatic heterocycles. The first-order valence-electron chi connectivity index (χ1n) is 11.1. The molecule has 0 bridgehead atoms. The number of carboxylic acids is 1. The van der Waals surface area contributed by atoms with Crippen molar-refractivity contribution in [2.45, 2.75) is 78.4 Å². The van der Waals surface area contributed by atoms with E-state index in [-0.39, 0.29) is 18.5 Å². The molecule has 5 nitrogen and oxygen atoms in total. The van der Waals surface area contributed by atoms with Crippen LogP contribution in [0.25, 0.3) is 0 Å². The van der Waals surface area contributed by atoms with Gasteiger partial charge in [-0.2, -0.15) is 0 Å². The van der Waals surface area contributed by atoms with Crippen LogP contribution in [0.5, 0.6) is 0 Å². The van der Waals surface area contributed by atoms with E-state index in [1.54, 1.807) is 0 Å². The van der Waals surface area contributed by atoms with E-state index in [9.17, 15) is 19.8 Å². The fraction of sp³-hybridized carbons (Fsp3) is 0.750. The van der Waals surface area contributed by atoms with E-state index < -0.39 is 17.5 Å². The number of carbonyl (C=O) groups is 2. The number of carboxylic acid groups (broad SMARTS) is 1. The highest BCUT2D eigenvalue weighted by molar-refractivity contribution is 5.73. The highest BCUT2D eigenvalue weighted by atomic mass is 16.5. The van der Waals surface area contributed by atoms with E-state index in [4.69, 9.17) is 4.74 Å². The monoisotopic (exact) mass is 404 g/mol. The second-order valence-electron chi connectivity index (χ2n) is 10.2. The third-order valence-corrected chi connectivity index (χ3v) is 7.18. The molecule has 0 saturated carbocycles. The van der Waals surface area contributed by atoms with Crippen LogP contribution >= 0.6 is 0 Å². The van der Waals surface area contributed by atoms with Crippen molar-refractivity contribution in [3.05, 3.63) is 23.8 Å². The third kappa shape index (κ3) is 5.11. The van der Waals surface area contributed by atoms with Gasteiger partial charge < -0.3 is 14.9 Å². The van der Waals surface area contributed by atoms with Gasteiger partial charge in [0.15, 0.2) is 0 Å². The summed E-state index contributed by atoms with van der Waals surface area (Å²) in [5.74, 6) is 0.862. The summed E-state index contributed by atoms with van der Waals surface area (Å²) in [5.41, 5.74) is 0.601. The summed E-state index contributed by atoms with van der Waals surface area (Å²) in [4.78, 5) is 23.5. The summed E-state index contributed by atoms with van der Waals surface area (Å²) in [6.07, 6.45) is 10.0. The first-order valence-corrected chi connectivity index (χ1v) is 11.1. The van der Waals surface area contributed by atoms with Crippen molar-refractivity contribution in [1.29, 1.82) is 0 Å². The molecule has 3 aliphatic rings. The fourth-order valence-corrected chi connectivity index (χ4v) is 5.71. The maximum Gasteiger partial charge on any atom is 0.309 e. The lowest BCUT2D eigenvalue weighted by Crippen LogP contribution is -2.39. The van der Waals surface area contributed by atoms with Gasteiger partial charge in [0.2, 0.25) is 0 Å². The Hall–Kier alpha value is -1.62. The molecule has 29 heavy (non-hydrogen) atoms. The topological polar surface area (TPSA) is 83.8 Å². The average molecular weight is 405 g/mol. The molecule has 0 radical (unpaired) electrons. The fourth-order valence-electron chi connectivity index (χ4n) is 5.71. The van der Waals surface area contributed by atoms with Gasteiger partial charge in [-0.1, -0.05) is 32.1 Å². The number of fused-ring (bicyclic) bond motifs is 1. The molecule has 1 heterocycles. The van der Waals surface area contributed by atoms with Crippen molar-refractivity contribution in [2.75, 3.05) is 0 Å². The number of carbonyl (C=O) groups excluding carboxylic acids is 1. The second kappa shape index (κ2) is 8.63. The Morgan fingerprint density at radius 3 is 2.62 bits per heavy atom. The molecular formula is C24H36O5. The van der Waals surface area contributed by atoms with Crippen LogP contribution in [0, 0.1) is 35.0 Å². The lowest BCUT2D eigenvalue weighted by molar-refractivity contribution is -0.160. The summed E-state index contributed by atoms with van der Waals surface area (Å²) in [6.45, 7) is 8.11. The van der Waals surface area contributed by atoms with E-state index in [1.165, 1.54) is 5.57 Å². The van der Waals surface area contributed by atoms with E-state index in [2.05, 4.69) is 32.1 Å². The minimum absolute atomic E-state index is 0.0960. The maximum atomic E-state index is 11.8. The van der Waals surface area contributed by atoms with Crippen LogP contribution in [0.4, 0.5) is 0 Å². The molecule has 0 amide bonds. The van der Waals surface area contributed by atoms with Crippen molar-refractivity contribution < 1.29 is 24.5 Å². The molecule has 0 aromatic rings. The Bertz CT molecular complexity index is 691. The number of rotatable bonds is 6. The SMILES string of the molecule is C[C@@H]1C=CC2=C[C@H](C)C[C@@H](CC(C)(C)C(=O)O)[C@@H]2[C@H]1CC[C@@H]1C[C@@H](O)CC(=O)O1. The van der Waals surface area contributed by atoms with Gasteiger partial charge in [-0.25, -0.2) is 0 Å². The molecule has 0 unspecified atom stereocenters. The lowest BCUT2D eigenvalue weighted by Gasteiger charge is -2.45. The molecule has 2 aliphatic carbocycles. The van der Waals surface area contributed by atoms with Gasteiger partial charge in [0.05, 0.1) is 17.9 Å². The predicted octanol–water partition coefficient (Wildman–Crippen LogP) is 4.35. The van der Waals surface area contributed by atoms with Crippen molar-refractivity contribution in [3.63, 3.8) is 0 Å². The third-order valence-electron chi connectivity index (χ3n) is 7.18. The van der Waals surface area contributed by atoms with Crippen LogP contribution in [-0.4, -0.2) is 34.4 Å². The van der Waals surface area contributed by atoms with Gasteiger partial charge in [0.25, 0.3) is 0 Å². The molecule has 1 fully saturated rings. The minimum atomic E-state index is -0.745. The number of esters is 1. The van der Waals surface area contributed by atoms with Crippen LogP contribution in [0.1, 0.15) is 66.2 Å². The molecule has 7 atom stereocenters. The number of cyclic esters (lactones) is 1. The second-order valence-corrected chi connectivity index (χ2v) is 10.2. The minimum Gasteiger partial charge on any atom is -0.481 e. The summed E-state index contributed by atoms with van der Waals surface area (Å²) in [5, 5.41) is 19.6. The van der Waals surface area contributed by atoms with E-state index in [0.717, 1.165) is 19.3 Å². The Kier molecular flexibility index (Phi) is 6.57. The van der Waals surface area contributed by atoms with Gasteiger partial charge in [-0.15, -0.1) is 0 Å². The number of aliphatic carboxylic acids is 1. The number of allylic oxidation sites excluding steroid dienone is 4. The molecule has 0 aromatic carbocycles. The molecule has 3 rings (SSSR count). The number of aliphatic hydroxyl groups is 1. The molecule has 5 heteroatoms. The van der Waals surface area contributed by atoms with Gasteiger partial charge in [0.1, 0.15) is 6.10 Å². The largest absolute Gasteiger partial charge is 0.481 e. The van der Waals surface area contributed by atoms with Gasteiger partial charge >= 0.3 is 11.9 Å². The van der Waals surface area contributed by atoms with Gasteiger partial charge in [-0.3, -0.25) is 9.59 Å². The summed E-state index contributed by atoms with van der Waals surface area (Å²) in [6, 6.07) is 0. The number of aliphatic hydroxyl groups excluding tert-OH is 1. The van der Waals surface area contributed by atoms with E-state index >= 15 is 0 Å². The molecular weight excluding hydrogens is 368 g/mol. The number of ether oxygens (including phenoxy) is 1. The van der Waals surface area contributed by atoms with Crippen LogP contribution in [0.2, 0.25) is 0 Å². The van der Waals surface area contributed by atoms with Crippen molar-refractivity contribution >= 4 is 11.9 Å². The first-order chi connectivity index (χ1) is 13.6. The Labute approximate surface area is 174 Å². The molecule has 0 spiro atoms. The van der Waals surface area contributed by atoms with Gasteiger partial charge in [0, 0.05) is 6.42 Å². The van der Waals surface area contributed by atoms with Crippen LogP contribution in [-0.2, 0) is 14.3 Å². The summed E-state index contributed by atoms with van der Waals surface area (Å²) in [7, 11) is 0. The summed E-state index contributed by atoms with van der Waals surface area (Å²) < 4.78 is 5.47. The van der Waals surface area contributed by atoms with Crippen molar-refractivity contribution in [3.8, 4) is 0 Å². The van der Waals surface area contributed by atoms with Crippen LogP contribution < -0.4 is 0 Å². The first kappa shape index (κ1) is 22.1. The van der Waals surface area contributed by atoms with Crippen molar-refractivity contribution in [2.24, 2.45) is 35.0 Å². The standard InChI is InChI=1S/C24H36O5/c1-14-9-16-6-5-15(2)20(8-7-19-11-18(25)12-21(26)29-19)22(16)17(10-14)13-24(3,4)23(27)28/h5-6,9,14-15,17-20,22,25H,7-8,10-13H2,1-4H3,(H,27,28)/t14-,15+,17-,18+,19+,20-,22+/m0/s1. The zero-order chi connectivity index (χ0) is 21.3. The smallest absolute Gasteiger partial charge is 0.309 e. The van der Waals surface area contributed by atoms with Crippen molar-refractivity contribution in [1.82, 2.24) is 0 Å². The lowest BCUT2D eigenvalue weighted by atomic mass is 9.59. The highest BCUT2D eigenvalue weighted by Crippen LogP contribution is 2.50. The Morgan fingerprint density at radius 2 is 1.97 bits per heavy atom. The van der Waals surface area contributed by atoms with E-state index in [1.807, 2.05) is 13.8 Å². The van der Waals surface area contributed by atoms with Crippen LogP contribution in [0.15, 0.2) is 23.8 Å². The van der Waals surface area contributed by atoms with Gasteiger partial charge in [-0.05, 0) is 74.7 Å². The zero-order valence-corrected chi connectivity index (χ0v) is 18.1. The Balaban J connectivity index is 1.78. The molecule has 162 valence electrons. The van der Waals surface area contributed by atoms with Crippen LogP contribution in [0.3, 0.4) is 0 Å². The Morgan fingerprint density at radius 1 is 1.24 bits per heavy atom. The number of hydrogen-bond acceptors (Lipinski definition) is 4. The zero-order valence-electron chi connectivity index (χ0n) is 18.1. The average Bonchev–Trinajstić information content (AvgIpc) is 2.59. The molecule has 1 saturated heterocycles. The summed E-state index contributed by atoms with van der Waals surface area (Å²) >= 11 is 0. The number of hydrogen-bond donors (Lipinski definition) is 2.